The summed E-state index contributed by atoms with van der Waals surface area (Å²) in [6.45, 7) is 3.63. The van der Waals surface area contributed by atoms with Gasteiger partial charge in [-0.05, 0) is 5.56 Å². The van der Waals surface area contributed by atoms with E-state index >= 15 is 0 Å². The summed E-state index contributed by atoms with van der Waals surface area (Å²) < 4.78 is 0. The first-order valence-corrected chi connectivity index (χ1v) is 6.01. The first-order chi connectivity index (χ1) is 8.43. The van der Waals surface area contributed by atoms with Crippen LogP contribution in [0.5, 0.6) is 0 Å². The molecule has 0 bridgehead atoms. The minimum absolute atomic E-state index is 0.0705. The Bertz CT molecular complexity index is 415. The highest BCUT2D eigenvalue weighted by Gasteiger charge is 2.20. The molecule has 0 spiro atoms. The van der Waals surface area contributed by atoms with E-state index in [9.17, 15) is 9.59 Å². The van der Waals surface area contributed by atoms with Gasteiger partial charge < -0.3 is 0 Å². The van der Waals surface area contributed by atoms with Gasteiger partial charge in [-0.1, -0.05) is 44.2 Å². The summed E-state index contributed by atoms with van der Waals surface area (Å²) >= 11 is 0. The summed E-state index contributed by atoms with van der Waals surface area (Å²) in [5, 5.41) is 2.74. The Balaban J connectivity index is 2.64. The second-order valence-corrected chi connectivity index (χ2v) is 4.60. The van der Waals surface area contributed by atoms with Gasteiger partial charge in [0, 0.05) is 20.0 Å². The summed E-state index contributed by atoms with van der Waals surface area (Å²) in [7, 11) is 3.23. The molecule has 0 aromatic heterocycles. The standard InChI is InChI=1S/C14H20N2O2/c1-11(2)14(18)16(4)15(3)13(17)10-12-8-6-5-7-9-12/h5-9,11H,10H2,1-4H3. The van der Waals surface area contributed by atoms with E-state index in [1.165, 1.54) is 10.0 Å². The van der Waals surface area contributed by atoms with Crippen LogP contribution in [0.4, 0.5) is 0 Å². The van der Waals surface area contributed by atoms with Crippen LogP contribution in [0.1, 0.15) is 19.4 Å². The number of carbonyl (C=O) groups is 2. The van der Waals surface area contributed by atoms with E-state index in [4.69, 9.17) is 0 Å². The van der Waals surface area contributed by atoms with Crippen LogP contribution in [0.15, 0.2) is 30.3 Å². The predicted octanol–water partition coefficient (Wildman–Crippen LogP) is 1.72. The van der Waals surface area contributed by atoms with Crippen molar-refractivity contribution in [3.63, 3.8) is 0 Å². The Hall–Kier alpha value is -1.84. The van der Waals surface area contributed by atoms with Crippen LogP contribution < -0.4 is 0 Å². The molecule has 98 valence electrons. The Kier molecular flexibility index (Phi) is 4.89. The molecule has 0 unspecified atom stereocenters. The maximum absolute atomic E-state index is 12.0. The molecule has 0 aliphatic carbocycles. The highest BCUT2D eigenvalue weighted by atomic mass is 16.2. The number of hydrogen-bond acceptors (Lipinski definition) is 2. The lowest BCUT2D eigenvalue weighted by Crippen LogP contribution is -2.47. The van der Waals surface area contributed by atoms with Crippen molar-refractivity contribution in [1.82, 2.24) is 10.0 Å². The van der Waals surface area contributed by atoms with Crippen molar-refractivity contribution in [3.8, 4) is 0 Å². The van der Waals surface area contributed by atoms with E-state index in [1.807, 2.05) is 44.2 Å². The molecule has 0 saturated carbocycles. The smallest absolute Gasteiger partial charge is 0.245 e. The third-order valence-electron chi connectivity index (χ3n) is 2.82. The first-order valence-electron chi connectivity index (χ1n) is 6.01. The molecular weight excluding hydrogens is 228 g/mol. The van der Waals surface area contributed by atoms with Crippen molar-refractivity contribution >= 4 is 11.8 Å². The van der Waals surface area contributed by atoms with Crippen LogP contribution in [0.25, 0.3) is 0 Å². The van der Waals surface area contributed by atoms with Gasteiger partial charge in [-0.15, -0.1) is 0 Å². The summed E-state index contributed by atoms with van der Waals surface area (Å²) in [6, 6.07) is 9.50. The fourth-order valence-electron chi connectivity index (χ4n) is 1.57. The fraction of sp³-hybridized carbons (Fsp3) is 0.429. The third kappa shape index (κ3) is 3.58. The summed E-state index contributed by atoms with van der Waals surface area (Å²) in [6.07, 6.45) is 0.299. The van der Waals surface area contributed by atoms with Crippen molar-refractivity contribution in [2.24, 2.45) is 5.92 Å². The molecule has 0 aliphatic rings. The van der Waals surface area contributed by atoms with Crippen LogP contribution >= 0.6 is 0 Å². The maximum Gasteiger partial charge on any atom is 0.245 e. The van der Waals surface area contributed by atoms with Crippen LogP contribution in [-0.2, 0) is 16.0 Å². The molecule has 0 atom stereocenters. The number of hydrazine groups is 1. The molecule has 0 saturated heterocycles. The molecule has 1 rings (SSSR count). The monoisotopic (exact) mass is 248 g/mol. The van der Waals surface area contributed by atoms with Crippen LogP contribution in [0.3, 0.4) is 0 Å². The zero-order valence-electron chi connectivity index (χ0n) is 11.4. The van der Waals surface area contributed by atoms with Gasteiger partial charge in [-0.25, -0.2) is 0 Å². The second-order valence-electron chi connectivity index (χ2n) is 4.60. The van der Waals surface area contributed by atoms with Crippen LogP contribution in [-0.4, -0.2) is 35.9 Å². The SMILES string of the molecule is CC(C)C(=O)N(C)N(C)C(=O)Cc1ccccc1. The molecule has 4 heteroatoms. The van der Waals surface area contributed by atoms with E-state index in [1.54, 1.807) is 14.1 Å². The number of amides is 2. The predicted molar refractivity (Wildman–Crippen MR) is 70.5 cm³/mol. The van der Waals surface area contributed by atoms with E-state index in [-0.39, 0.29) is 17.7 Å². The lowest BCUT2D eigenvalue weighted by Gasteiger charge is -2.29. The van der Waals surface area contributed by atoms with Crippen molar-refractivity contribution in [1.29, 1.82) is 0 Å². The largest absolute Gasteiger partial charge is 0.273 e. The normalized spacial score (nSPS) is 10.3. The molecule has 1 aromatic rings. The Labute approximate surface area is 108 Å². The van der Waals surface area contributed by atoms with Gasteiger partial charge in [0.05, 0.1) is 6.42 Å². The molecule has 0 fully saturated rings. The average Bonchev–Trinajstić information content (AvgIpc) is 2.37. The second kappa shape index (κ2) is 6.19. The van der Waals surface area contributed by atoms with Gasteiger partial charge in [0.25, 0.3) is 0 Å². The summed E-state index contributed by atoms with van der Waals surface area (Å²) in [4.78, 5) is 23.8. The molecule has 0 aliphatic heterocycles. The Morgan fingerprint density at radius 3 is 2.11 bits per heavy atom. The number of carbonyl (C=O) groups excluding carboxylic acids is 2. The highest BCUT2D eigenvalue weighted by molar-refractivity contribution is 5.83. The number of rotatable bonds is 3. The minimum atomic E-state index is -0.123. The molecule has 1 aromatic carbocycles. The molecule has 4 nitrogen and oxygen atoms in total. The lowest BCUT2D eigenvalue weighted by atomic mass is 10.1. The van der Waals surface area contributed by atoms with Crippen molar-refractivity contribution < 1.29 is 9.59 Å². The zero-order valence-corrected chi connectivity index (χ0v) is 11.4. The van der Waals surface area contributed by atoms with Gasteiger partial charge >= 0.3 is 0 Å². The van der Waals surface area contributed by atoms with Gasteiger partial charge in [0.15, 0.2) is 0 Å². The minimum Gasteiger partial charge on any atom is -0.273 e. The van der Waals surface area contributed by atoms with E-state index in [0.717, 1.165) is 5.56 Å². The molecule has 0 radical (unpaired) electrons. The van der Waals surface area contributed by atoms with Gasteiger partial charge in [-0.2, -0.15) is 0 Å². The molecule has 0 heterocycles. The van der Waals surface area contributed by atoms with Gasteiger partial charge in [0.2, 0.25) is 11.8 Å². The molecule has 0 N–H and O–H groups in total. The number of likely N-dealkylation sites (N-methyl/N-ethyl adjacent to an activating group) is 1. The lowest BCUT2D eigenvalue weighted by molar-refractivity contribution is -0.159. The quantitative estimate of drug-likeness (QED) is 0.764. The fourth-order valence-corrected chi connectivity index (χ4v) is 1.57. The number of benzene rings is 1. The molecule has 2 amide bonds. The van der Waals surface area contributed by atoms with Crippen LogP contribution in [0.2, 0.25) is 0 Å². The zero-order chi connectivity index (χ0) is 13.7. The average molecular weight is 248 g/mol. The molecular formula is C14H20N2O2. The van der Waals surface area contributed by atoms with Crippen molar-refractivity contribution in [3.05, 3.63) is 35.9 Å². The Morgan fingerprint density at radius 2 is 1.61 bits per heavy atom. The summed E-state index contributed by atoms with van der Waals surface area (Å²) in [5.41, 5.74) is 0.944. The van der Waals surface area contributed by atoms with E-state index in [2.05, 4.69) is 0 Å². The summed E-state index contributed by atoms with van der Waals surface area (Å²) in [5.74, 6) is -0.293. The number of hydrogen-bond donors (Lipinski definition) is 0. The Morgan fingerprint density at radius 1 is 1.06 bits per heavy atom. The van der Waals surface area contributed by atoms with Crippen molar-refractivity contribution in [2.45, 2.75) is 20.3 Å². The topological polar surface area (TPSA) is 40.6 Å². The van der Waals surface area contributed by atoms with E-state index < -0.39 is 0 Å². The van der Waals surface area contributed by atoms with Crippen LogP contribution in [0, 0.1) is 5.92 Å². The van der Waals surface area contributed by atoms with E-state index in [0.29, 0.717) is 6.42 Å². The van der Waals surface area contributed by atoms with Crippen molar-refractivity contribution in [2.75, 3.05) is 14.1 Å². The third-order valence-corrected chi connectivity index (χ3v) is 2.82. The van der Waals surface area contributed by atoms with Gasteiger partial charge in [-0.3, -0.25) is 19.6 Å². The highest BCUT2D eigenvalue weighted by Crippen LogP contribution is 2.06. The molecule has 18 heavy (non-hydrogen) atoms. The van der Waals surface area contributed by atoms with Gasteiger partial charge in [0.1, 0.15) is 0 Å². The maximum atomic E-state index is 12.0. The first kappa shape index (κ1) is 14.2. The number of nitrogens with zero attached hydrogens (tertiary/aromatic N) is 2.